The number of ether oxygens (including phenoxy) is 5. The van der Waals surface area contributed by atoms with Crippen LogP contribution in [-0.2, 0) is 23.7 Å². The molecule has 0 aromatic heterocycles. The molecule has 53 heavy (non-hydrogen) atoms. The Bertz CT molecular complexity index is 1310. The predicted octanol–water partition coefficient (Wildman–Crippen LogP) is 0.317. The van der Waals surface area contributed by atoms with E-state index in [1.807, 2.05) is 6.92 Å². The van der Waals surface area contributed by atoms with Crippen molar-refractivity contribution in [1.29, 1.82) is 0 Å². The third-order valence-electron chi connectivity index (χ3n) is 15.3. The van der Waals surface area contributed by atoms with E-state index in [-0.39, 0.29) is 47.4 Å². The minimum Gasteiger partial charge on any atom is -0.394 e. The molecule has 21 atom stereocenters. The summed E-state index contributed by atoms with van der Waals surface area (Å²) in [5, 5.41) is 92.5. The van der Waals surface area contributed by atoms with E-state index in [1.54, 1.807) is 0 Å². The number of rotatable bonds is 10. The number of aliphatic hydroxyl groups is 9. The predicted molar refractivity (Wildman–Crippen MR) is 186 cm³/mol. The molecule has 0 bridgehead atoms. The molecule has 0 unspecified atom stereocenters. The van der Waals surface area contributed by atoms with E-state index in [0.717, 1.165) is 38.5 Å². The van der Waals surface area contributed by atoms with Crippen molar-refractivity contribution in [3.05, 3.63) is 11.6 Å². The standard InChI is InChI=1S/C39H64O14/c1-18(17-49-35-33(46)31(44)29(42)26(15-40)51-35)7-12-39(48)19(2)28-25(53-39)14-24-22-6-5-20-13-21(8-10-37(20,3)23(22)9-11-38(24,28)4)50-36-34(47)32(45)30(43)27(16-41)52-36/h5,18-19,21-36,40-48H,6-17H2,1-4H3/t18-,19-,21-,22+,23-,24-,25-,26+,27+,28-,29+,30+,31-,32-,33+,34+,35+,36+,37-,38-,39-/m0/s1. The zero-order valence-electron chi connectivity index (χ0n) is 31.5. The maximum absolute atomic E-state index is 12.0. The molecule has 14 nitrogen and oxygen atoms in total. The summed E-state index contributed by atoms with van der Waals surface area (Å²) in [7, 11) is 0. The summed E-state index contributed by atoms with van der Waals surface area (Å²) < 4.78 is 29.8. The fourth-order valence-electron chi connectivity index (χ4n) is 12.1. The third-order valence-corrected chi connectivity index (χ3v) is 15.3. The summed E-state index contributed by atoms with van der Waals surface area (Å²) in [6, 6.07) is 0. The summed E-state index contributed by atoms with van der Waals surface area (Å²) in [4.78, 5) is 0. The Morgan fingerprint density at radius 3 is 2.15 bits per heavy atom. The molecule has 0 amide bonds. The zero-order valence-corrected chi connectivity index (χ0v) is 31.5. The summed E-state index contributed by atoms with van der Waals surface area (Å²) in [6.07, 6.45) is -3.29. The van der Waals surface area contributed by atoms with Gasteiger partial charge in [-0.2, -0.15) is 0 Å². The van der Waals surface area contributed by atoms with Gasteiger partial charge in [0.2, 0.25) is 0 Å². The van der Waals surface area contributed by atoms with E-state index >= 15 is 0 Å². The average molecular weight is 757 g/mol. The van der Waals surface area contributed by atoms with Crippen LogP contribution in [0.1, 0.15) is 85.5 Å². The van der Waals surface area contributed by atoms with E-state index in [2.05, 4.69) is 26.8 Å². The highest BCUT2D eigenvalue weighted by atomic mass is 16.7. The molecule has 9 N–H and O–H groups in total. The van der Waals surface area contributed by atoms with Crippen molar-refractivity contribution in [2.45, 2.75) is 165 Å². The lowest BCUT2D eigenvalue weighted by molar-refractivity contribution is -0.313. The van der Waals surface area contributed by atoms with Gasteiger partial charge >= 0.3 is 0 Å². The molecule has 3 saturated carbocycles. The summed E-state index contributed by atoms with van der Waals surface area (Å²) in [5.41, 5.74) is 1.45. The first-order valence-corrected chi connectivity index (χ1v) is 20.0. The van der Waals surface area contributed by atoms with Crippen molar-refractivity contribution < 1.29 is 69.6 Å². The number of hydrogen-bond donors (Lipinski definition) is 9. The molecule has 3 heterocycles. The molecule has 6 fully saturated rings. The lowest BCUT2D eigenvalue weighted by atomic mass is 9.47. The number of aliphatic hydroxyl groups excluding tert-OH is 8. The van der Waals surface area contributed by atoms with Crippen molar-refractivity contribution in [2.24, 2.45) is 46.3 Å². The molecule has 7 rings (SSSR count). The molecule has 7 aliphatic rings. The largest absolute Gasteiger partial charge is 0.394 e. The van der Waals surface area contributed by atoms with Crippen LogP contribution in [0.4, 0.5) is 0 Å². The number of fused-ring (bicyclic) bond motifs is 7. The van der Waals surface area contributed by atoms with Crippen LogP contribution in [0, 0.1) is 46.3 Å². The highest BCUT2D eigenvalue weighted by molar-refractivity contribution is 5.26. The van der Waals surface area contributed by atoms with Crippen LogP contribution < -0.4 is 0 Å². The zero-order chi connectivity index (χ0) is 38.2. The molecule has 0 aromatic rings. The van der Waals surface area contributed by atoms with Gasteiger partial charge in [-0.25, -0.2) is 0 Å². The second-order valence-electron chi connectivity index (χ2n) is 18.2. The molecular formula is C39H64O14. The van der Waals surface area contributed by atoms with Gasteiger partial charge in [0, 0.05) is 12.3 Å². The molecule has 0 radical (unpaired) electrons. The van der Waals surface area contributed by atoms with Crippen LogP contribution in [0.15, 0.2) is 11.6 Å². The minimum absolute atomic E-state index is 0.0229. The van der Waals surface area contributed by atoms with Crippen molar-refractivity contribution in [3.8, 4) is 0 Å². The Kier molecular flexibility index (Phi) is 11.6. The first-order chi connectivity index (χ1) is 25.1. The van der Waals surface area contributed by atoms with Gasteiger partial charge in [0.15, 0.2) is 18.4 Å². The summed E-state index contributed by atoms with van der Waals surface area (Å²) in [5.74, 6) is 0.404. The van der Waals surface area contributed by atoms with Crippen LogP contribution in [0.2, 0.25) is 0 Å². The smallest absolute Gasteiger partial charge is 0.186 e. The topological polar surface area (TPSA) is 228 Å². The van der Waals surface area contributed by atoms with Gasteiger partial charge < -0.3 is 69.6 Å². The molecule has 14 heteroatoms. The normalized spacial score (nSPS) is 54.4. The number of hydrogen-bond acceptors (Lipinski definition) is 14. The lowest BCUT2D eigenvalue weighted by Gasteiger charge is -2.58. The van der Waals surface area contributed by atoms with E-state index in [0.29, 0.717) is 37.0 Å². The quantitative estimate of drug-likeness (QED) is 0.137. The lowest BCUT2D eigenvalue weighted by Crippen LogP contribution is -2.60. The van der Waals surface area contributed by atoms with Gasteiger partial charge in [-0.05, 0) is 91.8 Å². The van der Waals surface area contributed by atoms with Gasteiger partial charge in [-0.3, -0.25) is 0 Å². The SMILES string of the molecule is C[C@@H](CC[C@]1(O)O[C@H]2C[C@H]3[C@@H]4CC=C5C[C@@H](O[C@@H]6O[C@H](CO)[C@@H](O)[C@H](O)[C@H]6O)CC[C@]5(C)[C@H]4CC[C@]3(C)[C@H]2[C@@H]1C)CO[C@@H]1O[C@H](CO)[C@@H](O)[C@H](O)[C@H]1O. The summed E-state index contributed by atoms with van der Waals surface area (Å²) in [6.45, 7) is 8.13. The van der Waals surface area contributed by atoms with Gasteiger partial charge in [0.05, 0.1) is 32.0 Å². The van der Waals surface area contributed by atoms with Gasteiger partial charge in [0.1, 0.15) is 48.8 Å². The Hall–Kier alpha value is -0.820. The molecule has 3 saturated heterocycles. The van der Waals surface area contributed by atoms with E-state index in [9.17, 15) is 46.0 Å². The molecule has 0 spiro atoms. The first kappa shape index (κ1) is 40.4. The van der Waals surface area contributed by atoms with Gasteiger partial charge in [-0.1, -0.05) is 39.3 Å². The number of allylic oxidation sites excluding steroid dienone is 1. The van der Waals surface area contributed by atoms with Gasteiger partial charge in [-0.15, -0.1) is 0 Å². The maximum atomic E-state index is 12.0. The van der Waals surface area contributed by atoms with E-state index < -0.39 is 80.4 Å². The van der Waals surface area contributed by atoms with Crippen LogP contribution >= 0.6 is 0 Å². The third kappa shape index (κ3) is 6.88. The van der Waals surface area contributed by atoms with Crippen molar-refractivity contribution in [3.63, 3.8) is 0 Å². The van der Waals surface area contributed by atoms with Crippen molar-refractivity contribution >= 4 is 0 Å². The monoisotopic (exact) mass is 756 g/mol. The average Bonchev–Trinajstić information content (AvgIpc) is 3.57. The molecule has 304 valence electrons. The highest BCUT2D eigenvalue weighted by Crippen LogP contribution is 2.70. The molecule has 3 aliphatic heterocycles. The second-order valence-corrected chi connectivity index (χ2v) is 18.2. The fourth-order valence-corrected chi connectivity index (χ4v) is 12.1. The van der Waals surface area contributed by atoms with Gasteiger partial charge in [0.25, 0.3) is 0 Å². The van der Waals surface area contributed by atoms with Crippen molar-refractivity contribution in [2.75, 3.05) is 19.8 Å². The molecule has 0 aromatic carbocycles. The maximum Gasteiger partial charge on any atom is 0.186 e. The van der Waals surface area contributed by atoms with E-state index in [4.69, 9.17) is 23.7 Å². The van der Waals surface area contributed by atoms with E-state index in [1.165, 1.54) is 5.57 Å². The Morgan fingerprint density at radius 1 is 0.849 bits per heavy atom. The molecular weight excluding hydrogens is 692 g/mol. The molecule has 4 aliphatic carbocycles. The second kappa shape index (κ2) is 15.2. The Balaban J connectivity index is 0.948. The highest BCUT2D eigenvalue weighted by Gasteiger charge is 2.68. The Labute approximate surface area is 312 Å². The summed E-state index contributed by atoms with van der Waals surface area (Å²) >= 11 is 0. The van der Waals surface area contributed by atoms with Crippen molar-refractivity contribution in [1.82, 2.24) is 0 Å². The van der Waals surface area contributed by atoms with Crippen LogP contribution in [-0.4, -0.2) is 145 Å². The fraction of sp³-hybridized carbons (Fsp3) is 0.949. The Morgan fingerprint density at radius 2 is 1.49 bits per heavy atom. The minimum atomic E-state index is -1.49. The van der Waals surface area contributed by atoms with Crippen LogP contribution in [0.25, 0.3) is 0 Å². The van der Waals surface area contributed by atoms with Crippen LogP contribution in [0.3, 0.4) is 0 Å². The first-order valence-electron chi connectivity index (χ1n) is 20.0. The van der Waals surface area contributed by atoms with Crippen LogP contribution in [0.5, 0.6) is 0 Å².